The Labute approximate surface area is 106 Å². The molecule has 0 saturated carbocycles. The quantitative estimate of drug-likeness (QED) is 0.777. The van der Waals surface area contributed by atoms with E-state index in [1.54, 1.807) is 13.3 Å². The molecule has 1 aromatic carbocycles. The topological polar surface area (TPSA) is 38.7 Å². The zero-order valence-corrected chi connectivity index (χ0v) is 11.8. The fourth-order valence-corrected chi connectivity index (χ4v) is 1.67. The van der Waals surface area contributed by atoms with Crippen molar-refractivity contribution in [2.45, 2.75) is 32.4 Å². The lowest BCUT2D eigenvalue weighted by Crippen LogP contribution is -2.19. The zero-order chi connectivity index (χ0) is 13.1. The van der Waals surface area contributed by atoms with Crippen LogP contribution in [0, 0.1) is 6.92 Å². The molecule has 0 amide bonds. The molecule has 0 unspecified atom stereocenters. The molecule has 0 spiro atoms. The Morgan fingerprint density at radius 3 is 2.53 bits per heavy atom. The minimum Gasteiger partial charge on any atom is -0.497 e. The van der Waals surface area contributed by atoms with Crippen LogP contribution in [-0.2, 0) is 11.0 Å². The van der Waals surface area contributed by atoms with Gasteiger partial charge in [0.2, 0.25) is 0 Å². The van der Waals surface area contributed by atoms with Crippen LogP contribution in [0.4, 0.5) is 0 Å². The lowest BCUT2D eigenvalue weighted by molar-refractivity contribution is 0.414. The van der Waals surface area contributed by atoms with E-state index in [2.05, 4.69) is 4.40 Å². The Hall–Kier alpha value is -1.16. The first-order valence-electron chi connectivity index (χ1n) is 5.45. The van der Waals surface area contributed by atoms with E-state index in [1.807, 2.05) is 45.9 Å². The maximum absolute atomic E-state index is 11.8. The van der Waals surface area contributed by atoms with Gasteiger partial charge in [-0.1, -0.05) is 6.07 Å². The van der Waals surface area contributed by atoms with Crippen molar-refractivity contribution < 1.29 is 8.95 Å². The smallest absolute Gasteiger partial charge is 0.144 e. The van der Waals surface area contributed by atoms with Crippen molar-refractivity contribution in [3.05, 3.63) is 29.3 Å². The number of rotatable bonds is 3. The molecule has 0 N–H and O–H groups in total. The van der Waals surface area contributed by atoms with Gasteiger partial charge in [0.15, 0.2) is 0 Å². The number of benzene rings is 1. The van der Waals surface area contributed by atoms with Crippen molar-refractivity contribution in [1.82, 2.24) is 0 Å². The van der Waals surface area contributed by atoms with E-state index in [1.165, 1.54) is 0 Å². The number of methoxy groups -OCH3 is 1. The van der Waals surface area contributed by atoms with Gasteiger partial charge in [-0.05, 0) is 45.4 Å². The molecule has 0 heterocycles. The number of aryl methyl sites for hydroxylation is 1. The average Bonchev–Trinajstić information content (AvgIpc) is 2.26. The Morgan fingerprint density at radius 2 is 2.00 bits per heavy atom. The van der Waals surface area contributed by atoms with Gasteiger partial charge >= 0.3 is 0 Å². The highest BCUT2D eigenvalue weighted by atomic mass is 32.2. The maximum atomic E-state index is 11.8. The summed E-state index contributed by atoms with van der Waals surface area (Å²) in [6, 6.07) is 5.74. The molecule has 94 valence electrons. The summed E-state index contributed by atoms with van der Waals surface area (Å²) in [7, 11) is 0.398. The molecule has 0 aliphatic heterocycles. The van der Waals surface area contributed by atoms with Crippen LogP contribution in [0.15, 0.2) is 22.6 Å². The third-order valence-corrected chi connectivity index (χ3v) is 3.64. The molecule has 0 radical (unpaired) electrons. The first-order chi connectivity index (χ1) is 7.84. The molecule has 17 heavy (non-hydrogen) atoms. The second kappa shape index (κ2) is 5.45. The average molecular weight is 253 g/mol. The van der Waals surface area contributed by atoms with Crippen LogP contribution in [0.5, 0.6) is 5.75 Å². The Morgan fingerprint density at radius 1 is 1.35 bits per heavy atom. The summed E-state index contributed by atoms with van der Waals surface area (Å²) >= 11 is 0. The van der Waals surface area contributed by atoms with Crippen molar-refractivity contribution in [3.8, 4) is 5.75 Å². The second-order valence-electron chi connectivity index (χ2n) is 4.82. The summed E-state index contributed by atoms with van der Waals surface area (Å²) in [5, 5.41) is 0. The van der Waals surface area contributed by atoms with Gasteiger partial charge in [0, 0.05) is 11.8 Å². The summed E-state index contributed by atoms with van der Waals surface area (Å²) < 4.78 is 20.7. The third-order valence-electron chi connectivity index (χ3n) is 2.30. The van der Waals surface area contributed by atoms with Gasteiger partial charge in [0.05, 0.1) is 11.9 Å². The Bertz CT molecular complexity index is 447. The van der Waals surface area contributed by atoms with Gasteiger partial charge in [-0.25, -0.2) is 4.21 Å². The molecule has 1 rings (SSSR count). The first-order valence-corrected chi connectivity index (χ1v) is 6.56. The predicted octanol–water partition coefficient (Wildman–Crippen LogP) is 2.88. The third kappa shape index (κ3) is 3.97. The fourth-order valence-electron chi connectivity index (χ4n) is 1.15. The van der Waals surface area contributed by atoms with E-state index in [9.17, 15) is 4.21 Å². The predicted molar refractivity (Wildman–Crippen MR) is 73.2 cm³/mol. The molecule has 0 aliphatic rings. The Kier molecular flexibility index (Phi) is 4.46. The highest BCUT2D eigenvalue weighted by molar-refractivity contribution is 7.85. The van der Waals surface area contributed by atoms with Gasteiger partial charge in [-0.3, -0.25) is 0 Å². The summed E-state index contributed by atoms with van der Waals surface area (Å²) in [6.07, 6.45) is 1.65. The lowest BCUT2D eigenvalue weighted by atomic mass is 10.1. The van der Waals surface area contributed by atoms with Crippen LogP contribution in [0.25, 0.3) is 0 Å². The van der Waals surface area contributed by atoms with E-state index in [0.29, 0.717) is 0 Å². The highest BCUT2D eigenvalue weighted by Gasteiger charge is 2.18. The summed E-state index contributed by atoms with van der Waals surface area (Å²) in [4.78, 5) is 0. The van der Waals surface area contributed by atoms with Crippen LogP contribution in [0.2, 0.25) is 0 Å². The fraction of sp³-hybridized carbons (Fsp3) is 0.462. The van der Waals surface area contributed by atoms with E-state index < -0.39 is 11.0 Å². The molecule has 3 nitrogen and oxygen atoms in total. The standard InChI is InChI=1S/C13H19NO2S/c1-10-6-7-12(16-5)8-11(10)9-14-17(15)13(2,3)4/h6-9H,1-5H3/b14-9+/t17-/m0/s1. The molecule has 4 heteroatoms. The molecular weight excluding hydrogens is 234 g/mol. The van der Waals surface area contributed by atoms with Crippen LogP contribution in [0.1, 0.15) is 31.9 Å². The normalized spacial score (nSPS) is 13.9. The first kappa shape index (κ1) is 13.9. The van der Waals surface area contributed by atoms with Crippen LogP contribution in [-0.4, -0.2) is 22.3 Å². The van der Waals surface area contributed by atoms with E-state index in [-0.39, 0.29) is 4.75 Å². The molecule has 0 saturated heterocycles. The highest BCUT2D eigenvalue weighted by Crippen LogP contribution is 2.17. The Balaban J connectivity index is 2.95. The van der Waals surface area contributed by atoms with Gasteiger partial charge in [-0.2, -0.15) is 4.40 Å². The van der Waals surface area contributed by atoms with E-state index >= 15 is 0 Å². The van der Waals surface area contributed by atoms with Crippen LogP contribution >= 0.6 is 0 Å². The summed E-state index contributed by atoms with van der Waals surface area (Å²) in [5.41, 5.74) is 2.02. The molecular formula is C13H19NO2S. The molecule has 0 fully saturated rings. The van der Waals surface area contributed by atoms with Crippen molar-refractivity contribution in [2.24, 2.45) is 4.40 Å². The number of nitrogens with zero attached hydrogens (tertiary/aromatic N) is 1. The van der Waals surface area contributed by atoms with Gasteiger partial charge in [0.1, 0.15) is 16.7 Å². The SMILES string of the molecule is COc1ccc(C)c(/C=N/[S@@](=O)C(C)(C)C)c1. The summed E-state index contributed by atoms with van der Waals surface area (Å²) in [6.45, 7) is 7.69. The number of hydrogen-bond acceptors (Lipinski definition) is 2. The molecule has 0 bridgehead atoms. The van der Waals surface area contributed by atoms with Crippen LogP contribution < -0.4 is 4.74 Å². The van der Waals surface area contributed by atoms with Crippen molar-refractivity contribution in [1.29, 1.82) is 0 Å². The van der Waals surface area contributed by atoms with E-state index in [0.717, 1.165) is 16.9 Å². The number of ether oxygens (including phenoxy) is 1. The second-order valence-corrected chi connectivity index (χ2v) is 6.75. The minimum absolute atomic E-state index is 0.330. The van der Waals surface area contributed by atoms with Gasteiger partial charge in [0.25, 0.3) is 0 Å². The summed E-state index contributed by atoms with van der Waals surface area (Å²) in [5.74, 6) is 0.776. The minimum atomic E-state index is -1.23. The maximum Gasteiger partial charge on any atom is 0.144 e. The van der Waals surface area contributed by atoms with Crippen LogP contribution in [0.3, 0.4) is 0 Å². The largest absolute Gasteiger partial charge is 0.497 e. The monoisotopic (exact) mass is 253 g/mol. The van der Waals surface area contributed by atoms with E-state index in [4.69, 9.17) is 4.74 Å². The molecule has 1 aromatic rings. The molecule has 0 aromatic heterocycles. The van der Waals surface area contributed by atoms with Crippen molar-refractivity contribution in [2.75, 3.05) is 7.11 Å². The molecule has 0 aliphatic carbocycles. The van der Waals surface area contributed by atoms with Gasteiger partial charge in [-0.15, -0.1) is 0 Å². The van der Waals surface area contributed by atoms with Crippen molar-refractivity contribution in [3.63, 3.8) is 0 Å². The molecule has 1 atom stereocenters. The van der Waals surface area contributed by atoms with Crippen molar-refractivity contribution >= 4 is 17.2 Å². The number of hydrogen-bond donors (Lipinski definition) is 0. The van der Waals surface area contributed by atoms with Gasteiger partial charge < -0.3 is 4.74 Å². The lowest BCUT2D eigenvalue weighted by Gasteiger charge is -2.13. The zero-order valence-electron chi connectivity index (χ0n) is 11.0.